The predicted molar refractivity (Wildman–Crippen MR) is 252 cm³/mol. The number of benzene rings is 9. The van der Waals surface area contributed by atoms with Crippen molar-refractivity contribution in [2.24, 2.45) is 0 Å². The first-order chi connectivity index (χ1) is 28.8. The summed E-state index contributed by atoms with van der Waals surface area (Å²) in [6, 6.07) is 81.4. The van der Waals surface area contributed by atoms with Crippen LogP contribution in [0.3, 0.4) is 0 Å². The zero-order valence-electron chi connectivity index (χ0n) is 31.6. The number of aromatic nitrogens is 2. The minimum Gasteiger partial charge on any atom is -0.309 e. The van der Waals surface area contributed by atoms with E-state index in [1.54, 1.807) is 0 Å². The van der Waals surface area contributed by atoms with Gasteiger partial charge in [-0.2, -0.15) is 0 Å². The highest BCUT2D eigenvalue weighted by atomic mass is 32.1. The van der Waals surface area contributed by atoms with Crippen LogP contribution in [0.1, 0.15) is 0 Å². The first-order valence-electron chi connectivity index (χ1n) is 19.9. The van der Waals surface area contributed by atoms with Gasteiger partial charge in [-0.25, -0.2) is 0 Å². The summed E-state index contributed by atoms with van der Waals surface area (Å²) >= 11 is 1.90. The Balaban J connectivity index is 1.06. The van der Waals surface area contributed by atoms with Gasteiger partial charge in [0.25, 0.3) is 0 Å². The average Bonchev–Trinajstić information content (AvgIpc) is 3.96. The van der Waals surface area contributed by atoms with Gasteiger partial charge in [-0.15, -0.1) is 11.3 Å². The highest BCUT2D eigenvalue weighted by molar-refractivity contribution is 7.26. The minimum absolute atomic E-state index is 1.17. The third-order valence-electron chi connectivity index (χ3n) is 12.3. The van der Waals surface area contributed by atoms with Crippen LogP contribution in [-0.2, 0) is 0 Å². The quantitative estimate of drug-likeness (QED) is 0.118. The molecule has 0 fully saturated rings. The largest absolute Gasteiger partial charge is 0.309 e. The molecule has 12 aromatic rings. The van der Waals surface area contributed by atoms with E-state index in [0.717, 1.165) is 0 Å². The second-order valence-corrected chi connectivity index (χ2v) is 20.1. The molecule has 0 aliphatic heterocycles. The molecule has 0 aliphatic carbocycles. The summed E-state index contributed by atoms with van der Waals surface area (Å²) in [5, 5.41) is 13.3. The molecule has 58 heavy (non-hydrogen) atoms. The van der Waals surface area contributed by atoms with Gasteiger partial charge < -0.3 is 9.13 Å². The Kier molecular flexibility index (Phi) is 7.46. The first kappa shape index (κ1) is 33.2. The summed E-state index contributed by atoms with van der Waals surface area (Å²) in [7, 11) is -2.80. The molecular formula is C54H36N2SSi. The Morgan fingerprint density at radius 1 is 0.293 bits per heavy atom. The zero-order valence-corrected chi connectivity index (χ0v) is 33.4. The number of rotatable bonds is 6. The van der Waals surface area contributed by atoms with E-state index in [2.05, 4.69) is 228 Å². The highest BCUT2D eigenvalue weighted by Gasteiger charge is 2.41. The van der Waals surface area contributed by atoms with E-state index < -0.39 is 8.07 Å². The van der Waals surface area contributed by atoms with E-state index in [0.29, 0.717) is 0 Å². The van der Waals surface area contributed by atoms with Crippen LogP contribution >= 0.6 is 11.3 Å². The van der Waals surface area contributed by atoms with Gasteiger partial charge >= 0.3 is 0 Å². The topological polar surface area (TPSA) is 9.86 Å². The third-order valence-corrected chi connectivity index (χ3v) is 18.3. The molecular weight excluding hydrogens is 737 g/mol. The van der Waals surface area contributed by atoms with Crippen molar-refractivity contribution in [1.82, 2.24) is 9.13 Å². The molecule has 0 saturated carbocycles. The maximum absolute atomic E-state index is 2.80. The Bertz CT molecular complexity index is 3390. The van der Waals surface area contributed by atoms with Crippen molar-refractivity contribution in [3.05, 3.63) is 218 Å². The molecule has 0 N–H and O–H groups in total. The SMILES string of the molecule is c1ccc([Si](c2ccccc2)(c2ccc(-n3c4ccccc4c4ccccc43)cc2)c2ccc(-n3c4ccccc4c4c5sc6ccccc6c5ccc43)cc2)cc1. The Morgan fingerprint density at radius 2 is 0.707 bits per heavy atom. The van der Waals surface area contributed by atoms with Gasteiger partial charge in [-0.05, 0) is 75.3 Å². The van der Waals surface area contributed by atoms with Crippen LogP contribution < -0.4 is 20.7 Å². The number of nitrogens with zero attached hydrogens (tertiary/aromatic N) is 2. The molecule has 3 aromatic heterocycles. The van der Waals surface area contributed by atoms with E-state index in [1.165, 1.54) is 95.9 Å². The molecule has 0 bridgehead atoms. The summed E-state index contributed by atoms with van der Waals surface area (Å²) in [4.78, 5) is 0. The molecule has 272 valence electrons. The average molecular weight is 773 g/mol. The monoisotopic (exact) mass is 772 g/mol. The summed E-state index contributed by atoms with van der Waals surface area (Å²) in [6.45, 7) is 0. The van der Waals surface area contributed by atoms with Crippen LogP contribution in [0.25, 0.3) is 75.2 Å². The van der Waals surface area contributed by atoms with Crippen molar-refractivity contribution in [2.45, 2.75) is 0 Å². The minimum atomic E-state index is -2.80. The van der Waals surface area contributed by atoms with E-state index >= 15 is 0 Å². The number of hydrogen-bond acceptors (Lipinski definition) is 1. The molecule has 0 saturated heterocycles. The van der Waals surface area contributed by atoms with Crippen LogP contribution in [0.15, 0.2) is 218 Å². The molecule has 12 rings (SSSR count). The van der Waals surface area contributed by atoms with E-state index in [1.807, 2.05) is 11.3 Å². The fourth-order valence-corrected chi connectivity index (χ4v) is 15.8. The Morgan fingerprint density at radius 3 is 1.26 bits per heavy atom. The number of thiophene rings is 1. The van der Waals surface area contributed by atoms with E-state index in [9.17, 15) is 0 Å². The molecule has 4 heteroatoms. The molecule has 0 amide bonds. The number of para-hydroxylation sites is 3. The lowest BCUT2D eigenvalue weighted by Gasteiger charge is -2.34. The summed E-state index contributed by atoms with van der Waals surface area (Å²) in [6.07, 6.45) is 0. The molecule has 0 unspecified atom stereocenters. The Hall–Kier alpha value is -6.98. The van der Waals surface area contributed by atoms with E-state index in [-0.39, 0.29) is 0 Å². The van der Waals surface area contributed by atoms with Crippen LogP contribution in [-0.4, -0.2) is 17.2 Å². The molecule has 9 aromatic carbocycles. The standard InChI is InChI=1S/C54H36N2SSi/c1-3-15-39(16-4-1)58(40-17-5-2-6-18-40,41-31-27-37(28-32-41)55-48-23-11-7-19-43(48)44-20-8-12-24-49(44)55)42-33-29-38(30-34-42)56-50-25-13-9-22-47(50)53-51(56)36-35-46-45-21-10-14-26-52(45)57-54(46)53/h1-36H. The Labute approximate surface area is 341 Å². The maximum Gasteiger partial charge on any atom is 0.179 e. The van der Waals surface area contributed by atoms with Gasteiger partial charge in [0, 0.05) is 53.1 Å². The van der Waals surface area contributed by atoms with Crippen molar-refractivity contribution >= 4 is 104 Å². The third kappa shape index (κ3) is 4.76. The summed E-state index contributed by atoms with van der Waals surface area (Å²) in [5.74, 6) is 0. The number of fused-ring (bicyclic) bond motifs is 10. The molecule has 0 spiro atoms. The molecule has 2 nitrogen and oxygen atoms in total. The van der Waals surface area contributed by atoms with E-state index in [4.69, 9.17) is 0 Å². The van der Waals surface area contributed by atoms with Gasteiger partial charge in [0.15, 0.2) is 8.07 Å². The fraction of sp³-hybridized carbons (Fsp3) is 0. The fourth-order valence-electron chi connectivity index (χ4n) is 9.81. The van der Waals surface area contributed by atoms with Gasteiger partial charge in [0.2, 0.25) is 0 Å². The van der Waals surface area contributed by atoms with Crippen LogP contribution in [0.2, 0.25) is 0 Å². The predicted octanol–water partition coefficient (Wildman–Crippen LogP) is 11.6. The van der Waals surface area contributed by atoms with Crippen molar-refractivity contribution in [1.29, 1.82) is 0 Å². The van der Waals surface area contributed by atoms with Crippen molar-refractivity contribution in [3.8, 4) is 11.4 Å². The van der Waals surface area contributed by atoms with Crippen LogP contribution in [0.4, 0.5) is 0 Å². The highest BCUT2D eigenvalue weighted by Crippen LogP contribution is 2.43. The van der Waals surface area contributed by atoms with Crippen molar-refractivity contribution < 1.29 is 0 Å². The van der Waals surface area contributed by atoms with Gasteiger partial charge in [0.05, 0.1) is 22.1 Å². The molecule has 3 heterocycles. The second kappa shape index (κ2) is 13.0. The summed E-state index contributed by atoms with van der Waals surface area (Å²) < 4.78 is 7.56. The van der Waals surface area contributed by atoms with Crippen molar-refractivity contribution in [2.75, 3.05) is 0 Å². The molecule has 0 atom stereocenters. The summed E-state index contributed by atoms with van der Waals surface area (Å²) in [5.41, 5.74) is 7.24. The second-order valence-electron chi connectivity index (χ2n) is 15.2. The maximum atomic E-state index is 2.47. The normalized spacial score (nSPS) is 12.1. The number of hydrogen-bond donors (Lipinski definition) is 0. The van der Waals surface area contributed by atoms with Crippen molar-refractivity contribution in [3.63, 3.8) is 0 Å². The van der Waals surface area contributed by atoms with Crippen LogP contribution in [0, 0.1) is 0 Å². The van der Waals surface area contributed by atoms with Gasteiger partial charge in [-0.1, -0.05) is 164 Å². The van der Waals surface area contributed by atoms with Crippen LogP contribution in [0.5, 0.6) is 0 Å². The molecule has 0 radical (unpaired) electrons. The molecule has 0 aliphatic rings. The lowest BCUT2D eigenvalue weighted by atomic mass is 10.1. The zero-order chi connectivity index (χ0) is 38.2. The lowest BCUT2D eigenvalue weighted by Crippen LogP contribution is -2.74. The lowest BCUT2D eigenvalue weighted by molar-refractivity contribution is 1.18. The van der Waals surface area contributed by atoms with Gasteiger partial charge in [0.1, 0.15) is 0 Å². The smallest absolute Gasteiger partial charge is 0.179 e. The van der Waals surface area contributed by atoms with Gasteiger partial charge in [-0.3, -0.25) is 0 Å². The first-order valence-corrected chi connectivity index (χ1v) is 22.8.